The maximum atomic E-state index is 12.5. The van der Waals surface area contributed by atoms with Gasteiger partial charge >= 0.3 is 0 Å². The molecule has 4 rings (SSSR count). The fourth-order valence-electron chi connectivity index (χ4n) is 2.95. The molecule has 0 saturated carbocycles. The van der Waals surface area contributed by atoms with E-state index in [1.807, 2.05) is 30.3 Å². The first-order valence-corrected chi connectivity index (χ1v) is 10.8. The van der Waals surface area contributed by atoms with Crippen LogP contribution in [0, 0.1) is 0 Å². The molecule has 164 valence electrons. The number of nitrogens with one attached hydrogen (secondary N) is 1. The molecular weight excluding hydrogens is 498 g/mol. The van der Waals surface area contributed by atoms with Crippen LogP contribution in [-0.4, -0.2) is 32.6 Å². The van der Waals surface area contributed by atoms with Gasteiger partial charge in [0, 0.05) is 16.9 Å². The van der Waals surface area contributed by atoms with Gasteiger partial charge in [-0.3, -0.25) is 9.48 Å². The van der Waals surface area contributed by atoms with Crippen LogP contribution in [0.2, 0.25) is 5.02 Å². The van der Waals surface area contributed by atoms with Gasteiger partial charge in [-0.05, 0) is 42.0 Å². The van der Waals surface area contributed by atoms with Gasteiger partial charge in [-0.15, -0.1) is 0 Å². The number of ether oxygens (including phenoxy) is 2. The molecule has 0 atom stereocenters. The highest BCUT2D eigenvalue weighted by atomic mass is 79.9. The molecule has 0 fully saturated rings. The Morgan fingerprint density at radius 2 is 2.06 bits per heavy atom. The minimum atomic E-state index is -0.341. The largest absolute Gasteiger partial charge is 0.497 e. The number of carbonyl (C=O) groups excluding carboxylic acids is 1. The number of halogens is 2. The van der Waals surface area contributed by atoms with E-state index in [2.05, 4.69) is 31.4 Å². The maximum absolute atomic E-state index is 12.5. The Kier molecular flexibility index (Phi) is 6.77. The van der Waals surface area contributed by atoms with Crippen molar-refractivity contribution >= 4 is 39.1 Å². The van der Waals surface area contributed by atoms with Gasteiger partial charge in [0.25, 0.3) is 5.91 Å². The molecule has 32 heavy (non-hydrogen) atoms. The maximum Gasteiger partial charge on any atom is 0.276 e. The molecule has 0 aliphatic rings. The second-order valence-electron chi connectivity index (χ2n) is 6.82. The van der Waals surface area contributed by atoms with Gasteiger partial charge in [-0.25, -0.2) is 4.68 Å². The summed E-state index contributed by atoms with van der Waals surface area (Å²) < 4.78 is 15.0. The number of methoxy groups -OCH3 is 1. The molecule has 4 aromatic rings. The molecule has 0 aliphatic carbocycles. The molecule has 10 heteroatoms. The second kappa shape index (κ2) is 9.88. The zero-order valence-electron chi connectivity index (χ0n) is 17.0. The Hall–Kier alpha value is -3.30. The number of rotatable bonds is 8. The van der Waals surface area contributed by atoms with E-state index in [1.165, 1.54) is 4.68 Å². The fraction of sp³-hybridized carbons (Fsp3) is 0.136. The van der Waals surface area contributed by atoms with E-state index < -0.39 is 0 Å². The van der Waals surface area contributed by atoms with Crippen molar-refractivity contribution in [2.45, 2.75) is 13.3 Å². The molecule has 1 amide bonds. The van der Waals surface area contributed by atoms with Gasteiger partial charge < -0.3 is 14.8 Å². The molecule has 2 aromatic heterocycles. The van der Waals surface area contributed by atoms with Crippen molar-refractivity contribution in [1.29, 1.82) is 0 Å². The summed E-state index contributed by atoms with van der Waals surface area (Å²) >= 11 is 9.50. The molecule has 8 nitrogen and oxygen atoms in total. The van der Waals surface area contributed by atoms with Gasteiger partial charge in [0.05, 0.1) is 30.6 Å². The quantitative estimate of drug-likeness (QED) is 0.362. The van der Waals surface area contributed by atoms with Crippen molar-refractivity contribution in [3.63, 3.8) is 0 Å². The second-order valence-corrected chi connectivity index (χ2v) is 8.14. The van der Waals surface area contributed by atoms with Crippen molar-refractivity contribution in [3.8, 4) is 11.5 Å². The lowest BCUT2D eigenvalue weighted by Crippen LogP contribution is -2.14. The highest BCUT2D eigenvalue weighted by molar-refractivity contribution is 9.10. The fourth-order valence-corrected chi connectivity index (χ4v) is 3.68. The van der Waals surface area contributed by atoms with E-state index in [9.17, 15) is 4.79 Å². The number of hydrogen-bond acceptors (Lipinski definition) is 5. The summed E-state index contributed by atoms with van der Waals surface area (Å²) in [6.45, 7) is 0.671. The number of benzene rings is 2. The third kappa shape index (κ3) is 5.49. The van der Waals surface area contributed by atoms with E-state index in [0.717, 1.165) is 15.8 Å². The average Bonchev–Trinajstić information content (AvgIpc) is 3.43. The average molecular weight is 517 g/mol. The lowest BCUT2D eigenvalue weighted by atomic mass is 10.2. The number of aromatic nitrogens is 4. The van der Waals surface area contributed by atoms with Crippen LogP contribution >= 0.6 is 27.5 Å². The van der Waals surface area contributed by atoms with Crippen LogP contribution in [0.4, 0.5) is 5.69 Å². The highest BCUT2D eigenvalue weighted by Crippen LogP contribution is 2.27. The van der Waals surface area contributed by atoms with Crippen LogP contribution in [-0.2, 0) is 13.3 Å². The van der Waals surface area contributed by atoms with Crippen LogP contribution < -0.4 is 14.8 Å². The third-order valence-corrected chi connectivity index (χ3v) is 5.28. The van der Waals surface area contributed by atoms with E-state index in [4.69, 9.17) is 21.1 Å². The monoisotopic (exact) mass is 515 g/mol. The van der Waals surface area contributed by atoms with Crippen molar-refractivity contribution in [3.05, 3.63) is 87.9 Å². The normalized spacial score (nSPS) is 10.7. The van der Waals surface area contributed by atoms with Crippen LogP contribution in [0.5, 0.6) is 11.5 Å². The standard InChI is InChI=1S/C22H19BrClN5O3/c1-31-18-4-2-3-15(9-18)12-29-13-17(11-25-29)26-22(30)20-7-8-28(27-20)14-32-21-6-5-16(23)10-19(21)24/h2-11,13H,12,14H2,1H3,(H,26,30). The minimum Gasteiger partial charge on any atom is -0.497 e. The number of hydrogen-bond donors (Lipinski definition) is 1. The van der Waals surface area contributed by atoms with Gasteiger partial charge in [0.2, 0.25) is 0 Å². The molecular formula is C22H19BrClN5O3. The summed E-state index contributed by atoms with van der Waals surface area (Å²) in [5.41, 5.74) is 1.87. The third-order valence-electron chi connectivity index (χ3n) is 4.49. The summed E-state index contributed by atoms with van der Waals surface area (Å²) in [5.74, 6) is 0.969. The summed E-state index contributed by atoms with van der Waals surface area (Å²) in [4.78, 5) is 12.5. The number of carbonyl (C=O) groups is 1. The zero-order chi connectivity index (χ0) is 22.5. The molecule has 0 spiro atoms. The first-order chi connectivity index (χ1) is 15.5. The van der Waals surface area contributed by atoms with Crippen LogP contribution in [0.15, 0.2) is 71.6 Å². The van der Waals surface area contributed by atoms with E-state index in [1.54, 1.807) is 48.6 Å². The Bertz CT molecular complexity index is 1240. The van der Waals surface area contributed by atoms with E-state index in [-0.39, 0.29) is 18.3 Å². The predicted octanol–water partition coefficient (Wildman–Crippen LogP) is 4.84. The summed E-state index contributed by atoms with van der Waals surface area (Å²) in [6, 6.07) is 14.7. The Balaban J connectivity index is 1.34. The summed E-state index contributed by atoms with van der Waals surface area (Å²) in [6.07, 6.45) is 5.01. The Labute approximate surface area is 197 Å². The SMILES string of the molecule is COc1cccc(Cn2cc(NC(=O)c3ccn(COc4ccc(Br)cc4Cl)n3)cn2)c1. The summed E-state index contributed by atoms with van der Waals surface area (Å²) in [7, 11) is 1.63. The van der Waals surface area contributed by atoms with Crippen molar-refractivity contribution in [1.82, 2.24) is 19.6 Å². The van der Waals surface area contributed by atoms with E-state index >= 15 is 0 Å². The molecule has 0 unspecified atom stereocenters. The predicted molar refractivity (Wildman–Crippen MR) is 124 cm³/mol. The molecule has 2 aromatic carbocycles. The van der Waals surface area contributed by atoms with Crippen LogP contribution in [0.3, 0.4) is 0 Å². The van der Waals surface area contributed by atoms with Crippen molar-refractivity contribution in [2.24, 2.45) is 0 Å². The first-order valence-electron chi connectivity index (χ1n) is 9.58. The van der Waals surface area contributed by atoms with E-state index in [0.29, 0.717) is 23.0 Å². The molecule has 0 bridgehead atoms. The molecule has 1 N–H and O–H groups in total. The van der Waals surface area contributed by atoms with Gasteiger partial charge in [-0.1, -0.05) is 39.7 Å². The minimum absolute atomic E-state index is 0.118. The smallest absolute Gasteiger partial charge is 0.276 e. The van der Waals surface area contributed by atoms with Crippen molar-refractivity contribution in [2.75, 3.05) is 12.4 Å². The van der Waals surface area contributed by atoms with Gasteiger partial charge in [0.1, 0.15) is 11.5 Å². The van der Waals surface area contributed by atoms with Gasteiger partial charge in [0.15, 0.2) is 12.4 Å². The topological polar surface area (TPSA) is 83.2 Å². The van der Waals surface area contributed by atoms with Crippen LogP contribution in [0.1, 0.15) is 16.1 Å². The van der Waals surface area contributed by atoms with Crippen molar-refractivity contribution < 1.29 is 14.3 Å². The lowest BCUT2D eigenvalue weighted by Gasteiger charge is -2.08. The number of amides is 1. The first kappa shape index (κ1) is 21.9. The molecule has 0 saturated heterocycles. The Morgan fingerprint density at radius 3 is 2.88 bits per heavy atom. The lowest BCUT2D eigenvalue weighted by molar-refractivity contribution is 0.102. The van der Waals surface area contributed by atoms with Gasteiger partial charge in [-0.2, -0.15) is 10.2 Å². The Morgan fingerprint density at radius 1 is 1.19 bits per heavy atom. The highest BCUT2D eigenvalue weighted by Gasteiger charge is 2.12. The van der Waals surface area contributed by atoms with Crippen LogP contribution in [0.25, 0.3) is 0 Å². The molecule has 0 aliphatic heterocycles. The number of anilines is 1. The molecule has 0 radical (unpaired) electrons. The number of nitrogens with zero attached hydrogens (tertiary/aromatic N) is 4. The molecule has 2 heterocycles. The zero-order valence-corrected chi connectivity index (χ0v) is 19.4. The summed E-state index contributed by atoms with van der Waals surface area (Å²) in [5, 5.41) is 11.8.